The first-order chi connectivity index (χ1) is 19.5. The number of nitrogens with zero attached hydrogens (tertiary/aromatic N) is 3. The van der Waals surface area contributed by atoms with Crippen LogP contribution in [0.2, 0.25) is 0 Å². The number of carbonyl (C=O) groups excluding carboxylic acids is 2. The van der Waals surface area contributed by atoms with Gasteiger partial charge in [-0.2, -0.15) is 4.31 Å². The summed E-state index contributed by atoms with van der Waals surface area (Å²) in [7, 11) is 1.26. The van der Waals surface area contributed by atoms with Crippen molar-refractivity contribution in [3.63, 3.8) is 0 Å². The van der Waals surface area contributed by atoms with Crippen LogP contribution in [-0.2, 0) is 26.0 Å². The van der Waals surface area contributed by atoms with Crippen LogP contribution in [0.1, 0.15) is 46.6 Å². The second-order valence-corrected chi connectivity index (χ2v) is 14.7. The molecular formula is C32H50N4O5S. The van der Waals surface area contributed by atoms with Crippen molar-refractivity contribution >= 4 is 21.8 Å². The molecule has 0 aromatic heterocycles. The van der Waals surface area contributed by atoms with Crippen LogP contribution in [0.5, 0.6) is 0 Å². The molecule has 3 atom stereocenters. The number of hydrogen-bond acceptors (Lipinski definition) is 6. The molecule has 3 unspecified atom stereocenters. The van der Waals surface area contributed by atoms with Gasteiger partial charge in [0, 0.05) is 20.1 Å². The van der Waals surface area contributed by atoms with Crippen molar-refractivity contribution in [2.75, 3.05) is 40.8 Å². The third-order valence-electron chi connectivity index (χ3n) is 7.18. The van der Waals surface area contributed by atoms with Gasteiger partial charge in [-0.05, 0) is 56.0 Å². The highest BCUT2D eigenvalue weighted by Crippen LogP contribution is 2.25. The van der Waals surface area contributed by atoms with Crippen LogP contribution < -0.4 is 5.32 Å². The van der Waals surface area contributed by atoms with Gasteiger partial charge in [-0.1, -0.05) is 83.1 Å². The molecular weight excluding hydrogens is 552 g/mol. The number of carbonyl (C=O) groups is 2. The molecule has 0 radical (unpaired) electrons. The summed E-state index contributed by atoms with van der Waals surface area (Å²) in [5, 5.41) is 14.6. The quantitative estimate of drug-likeness (QED) is 0.324. The molecule has 2 aromatic carbocycles. The molecule has 2 N–H and O–H groups in total. The van der Waals surface area contributed by atoms with E-state index in [-0.39, 0.29) is 42.3 Å². The third-order valence-corrected chi connectivity index (χ3v) is 9.06. The van der Waals surface area contributed by atoms with Crippen LogP contribution in [0.4, 0.5) is 0 Å². The summed E-state index contributed by atoms with van der Waals surface area (Å²) in [6.07, 6.45) is -0.292. The van der Waals surface area contributed by atoms with Gasteiger partial charge in [-0.25, -0.2) is 8.42 Å². The predicted octanol–water partition coefficient (Wildman–Crippen LogP) is 3.25. The fourth-order valence-electron chi connectivity index (χ4n) is 4.68. The monoisotopic (exact) mass is 602 g/mol. The fraction of sp³-hybridized carbons (Fsp3) is 0.562. The number of nitrogens with one attached hydrogen (secondary N) is 1. The highest BCUT2D eigenvalue weighted by atomic mass is 32.2. The predicted molar refractivity (Wildman–Crippen MR) is 167 cm³/mol. The number of amides is 2. The topological polar surface area (TPSA) is 110 Å². The molecule has 0 spiro atoms. The van der Waals surface area contributed by atoms with Gasteiger partial charge in [-0.3, -0.25) is 9.59 Å². The molecule has 0 fully saturated rings. The van der Waals surface area contributed by atoms with E-state index < -0.39 is 33.6 Å². The summed E-state index contributed by atoms with van der Waals surface area (Å²) in [4.78, 5) is 30.1. The lowest BCUT2D eigenvalue weighted by Gasteiger charge is -2.39. The van der Waals surface area contributed by atoms with Crippen LogP contribution in [0, 0.1) is 11.3 Å². The molecule has 0 saturated carbocycles. The van der Waals surface area contributed by atoms with Gasteiger partial charge >= 0.3 is 0 Å². The lowest BCUT2D eigenvalue weighted by Crippen LogP contribution is -2.59. The molecule has 2 rings (SSSR count). The molecule has 0 aliphatic rings. The minimum atomic E-state index is -3.90. The second-order valence-electron chi connectivity index (χ2n) is 12.7. The molecule has 0 aliphatic heterocycles. The van der Waals surface area contributed by atoms with E-state index in [4.69, 9.17) is 0 Å². The fourth-order valence-corrected chi connectivity index (χ4v) is 6.17. The highest BCUT2D eigenvalue weighted by Gasteiger charge is 2.39. The summed E-state index contributed by atoms with van der Waals surface area (Å²) < 4.78 is 28.7. The average Bonchev–Trinajstić information content (AvgIpc) is 2.91. The van der Waals surface area contributed by atoms with E-state index in [1.54, 1.807) is 56.4 Å². The van der Waals surface area contributed by atoms with Crippen LogP contribution in [0.25, 0.3) is 0 Å². The van der Waals surface area contributed by atoms with E-state index in [9.17, 15) is 23.1 Å². The zero-order chi connectivity index (χ0) is 31.7. The first-order valence-corrected chi connectivity index (χ1v) is 16.0. The third kappa shape index (κ3) is 10.5. The molecule has 10 heteroatoms. The summed E-state index contributed by atoms with van der Waals surface area (Å²) >= 11 is 0. The van der Waals surface area contributed by atoms with E-state index >= 15 is 0 Å². The van der Waals surface area contributed by atoms with Crippen molar-refractivity contribution in [3.8, 4) is 0 Å². The molecule has 0 aliphatic carbocycles. The Morgan fingerprint density at radius 1 is 0.929 bits per heavy atom. The zero-order valence-electron chi connectivity index (χ0n) is 26.4. The van der Waals surface area contributed by atoms with E-state index in [1.165, 1.54) is 9.21 Å². The molecule has 0 bridgehead atoms. The molecule has 2 aromatic rings. The van der Waals surface area contributed by atoms with Crippen molar-refractivity contribution in [2.24, 2.45) is 11.3 Å². The van der Waals surface area contributed by atoms with Gasteiger partial charge in [-0.15, -0.1) is 0 Å². The Labute approximate surface area is 252 Å². The minimum absolute atomic E-state index is 0.127. The smallest absolute Gasteiger partial charge is 0.245 e. The number of aliphatic hydroxyl groups is 1. The van der Waals surface area contributed by atoms with E-state index in [0.717, 1.165) is 5.56 Å². The van der Waals surface area contributed by atoms with E-state index in [2.05, 4.69) is 5.32 Å². The molecule has 42 heavy (non-hydrogen) atoms. The van der Waals surface area contributed by atoms with Crippen LogP contribution in [0.3, 0.4) is 0 Å². The summed E-state index contributed by atoms with van der Waals surface area (Å²) in [5.41, 5.74) is 0.278. The number of benzene rings is 2. The Morgan fingerprint density at radius 2 is 1.48 bits per heavy atom. The first kappa shape index (κ1) is 35.4. The van der Waals surface area contributed by atoms with Crippen molar-refractivity contribution in [3.05, 3.63) is 66.2 Å². The van der Waals surface area contributed by atoms with Crippen LogP contribution in [-0.4, -0.2) is 98.4 Å². The van der Waals surface area contributed by atoms with Gasteiger partial charge in [0.2, 0.25) is 21.8 Å². The standard InChI is InChI=1S/C32H50N4O5S/c1-24(2)19-20-36(42(40,41)26-17-13-10-14-18-26)22-28(37)27(21-25-15-11-9-12-16-25)35(8)31(39)30(32(3,4)5)33-29(38)23-34(6)7/h9-18,24,27-28,30,37H,19-23H2,1-8H3,(H,33,38). The largest absolute Gasteiger partial charge is 0.390 e. The number of rotatable bonds is 15. The summed E-state index contributed by atoms with van der Waals surface area (Å²) in [5.74, 6) is -0.386. The first-order valence-electron chi connectivity index (χ1n) is 14.5. The van der Waals surface area contributed by atoms with Gasteiger partial charge in [0.1, 0.15) is 6.04 Å². The number of sulfonamides is 1. The highest BCUT2D eigenvalue weighted by molar-refractivity contribution is 7.89. The van der Waals surface area contributed by atoms with Crippen molar-refractivity contribution in [2.45, 2.75) is 70.5 Å². The van der Waals surface area contributed by atoms with Gasteiger partial charge < -0.3 is 20.2 Å². The number of likely N-dealkylation sites (N-methyl/N-ethyl adjacent to an activating group) is 2. The maximum absolute atomic E-state index is 14.0. The molecule has 0 saturated heterocycles. The van der Waals surface area contributed by atoms with E-state index in [1.807, 2.05) is 65.0 Å². The van der Waals surface area contributed by atoms with Gasteiger partial charge in [0.05, 0.1) is 23.6 Å². The van der Waals surface area contributed by atoms with Crippen molar-refractivity contribution < 1.29 is 23.1 Å². The Hall–Kier alpha value is -2.79. The summed E-state index contributed by atoms with van der Waals surface area (Å²) in [6.45, 7) is 9.84. The van der Waals surface area contributed by atoms with Crippen molar-refractivity contribution in [1.29, 1.82) is 0 Å². The zero-order valence-corrected chi connectivity index (χ0v) is 27.3. The maximum Gasteiger partial charge on any atom is 0.245 e. The maximum atomic E-state index is 14.0. The normalized spacial score (nSPS) is 14.6. The molecule has 234 valence electrons. The lowest BCUT2D eigenvalue weighted by atomic mass is 9.85. The molecule has 0 heterocycles. The van der Waals surface area contributed by atoms with Crippen LogP contribution in [0.15, 0.2) is 65.6 Å². The number of hydrogen-bond donors (Lipinski definition) is 2. The van der Waals surface area contributed by atoms with Crippen LogP contribution >= 0.6 is 0 Å². The van der Waals surface area contributed by atoms with Gasteiger partial charge in [0.15, 0.2) is 0 Å². The SMILES string of the molecule is CC(C)CCN(CC(O)C(Cc1ccccc1)N(C)C(=O)C(NC(=O)CN(C)C)C(C)(C)C)S(=O)(=O)c1ccccc1. The van der Waals surface area contributed by atoms with E-state index in [0.29, 0.717) is 12.8 Å². The average molecular weight is 603 g/mol. The second kappa shape index (κ2) is 15.6. The summed E-state index contributed by atoms with van der Waals surface area (Å²) in [6, 6.07) is 16.1. The molecule has 2 amide bonds. The van der Waals surface area contributed by atoms with Crippen molar-refractivity contribution in [1.82, 2.24) is 19.4 Å². The molecule has 9 nitrogen and oxygen atoms in total. The number of aliphatic hydroxyl groups excluding tert-OH is 1. The lowest BCUT2D eigenvalue weighted by molar-refractivity contribution is -0.142. The Kier molecular flexibility index (Phi) is 13.2. The van der Waals surface area contributed by atoms with Gasteiger partial charge in [0.25, 0.3) is 0 Å². The minimum Gasteiger partial charge on any atom is -0.390 e. The Bertz CT molecular complexity index is 1230. The Morgan fingerprint density at radius 3 is 1.98 bits per heavy atom. The Balaban J connectivity index is 2.46.